The fraction of sp³-hybridized carbons (Fsp3) is 1.00. The minimum Gasteiger partial charge on any atom is -0.314 e. The van der Waals surface area contributed by atoms with Gasteiger partial charge in [-0.15, -0.1) is 0 Å². The molecule has 0 saturated heterocycles. The predicted octanol–water partition coefficient (Wildman–Crippen LogP) is 2.12. The summed E-state index contributed by atoms with van der Waals surface area (Å²) in [5.74, 6) is 0. The standard InChI is InChI=1S/C8H16FN.H2/c1-4-8(9)5-7(2,6-8)10-3;/h10H,4-6H2,1-3H3;1H. The molecule has 1 N–H and O–H groups in total. The Balaban J connectivity index is 0.000001000. The molecule has 1 aliphatic rings. The smallest absolute Gasteiger partial charge is 0.114 e. The van der Waals surface area contributed by atoms with E-state index in [1.165, 1.54) is 0 Å². The van der Waals surface area contributed by atoms with Crippen molar-refractivity contribution in [3.8, 4) is 0 Å². The van der Waals surface area contributed by atoms with Crippen molar-refractivity contribution in [2.24, 2.45) is 0 Å². The Morgan fingerprint density at radius 1 is 1.60 bits per heavy atom. The van der Waals surface area contributed by atoms with Crippen LogP contribution in [0.4, 0.5) is 4.39 Å². The first-order valence-corrected chi connectivity index (χ1v) is 3.91. The number of rotatable bonds is 2. The molecule has 0 amide bonds. The molecular weight excluding hydrogens is 129 g/mol. The van der Waals surface area contributed by atoms with Crippen LogP contribution in [0.5, 0.6) is 0 Å². The van der Waals surface area contributed by atoms with Crippen molar-refractivity contribution < 1.29 is 5.82 Å². The molecular formula is C8H18FN. The van der Waals surface area contributed by atoms with Gasteiger partial charge >= 0.3 is 0 Å². The predicted molar refractivity (Wildman–Crippen MR) is 42.9 cm³/mol. The van der Waals surface area contributed by atoms with Crippen LogP contribution in [0.1, 0.15) is 34.5 Å². The van der Waals surface area contributed by atoms with Gasteiger partial charge in [0.25, 0.3) is 0 Å². The molecule has 0 aromatic heterocycles. The Morgan fingerprint density at radius 2 is 2.10 bits per heavy atom. The zero-order valence-electron chi connectivity index (χ0n) is 7.00. The molecule has 1 fully saturated rings. The van der Waals surface area contributed by atoms with Gasteiger partial charge in [0.2, 0.25) is 0 Å². The Bertz CT molecular complexity index is 118. The van der Waals surface area contributed by atoms with Crippen molar-refractivity contribution in [3.63, 3.8) is 0 Å². The first-order valence-electron chi connectivity index (χ1n) is 3.91. The van der Waals surface area contributed by atoms with Gasteiger partial charge in [-0.3, -0.25) is 0 Å². The molecule has 0 heterocycles. The minimum absolute atomic E-state index is 0. The summed E-state index contributed by atoms with van der Waals surface area (Å²) in [7, 11) is 1.90. The summed E-state index contributed by atoms with van der Waals surface area (Å²) >= 11 is 0. The number of halogens is 1. The Hall–Kier alpha value is -0.110. The van der Waals surface area contributed by atoms with Crippen molar-refractivity contribution >= 4 is 0 Å². The molecule has 0 spiro atoms. The van der Waals surface area contributed by atoms with Gasteiger partial charge in [-0.05, 0) is 33.2 Å². The van der Waals surface area contributed by atoms with Crippen molar-refractivity contribution in [3.05, 3.63) is 0 Å². The zero-order valence-corrected chi connectivity index (χ0v) is 7.00. The average molecular weight is 147 g/mol. The fourth-order valence-corrected chi connectivity index (χ4v) is 1.77. The Kier molecular flexibility index (Phi) is 1.75. The molecule has 0 aromatic rings. The van der Waals surface area contributed by atoms with E-state index < -0.39 is 5.67 Å². The summed E-state index contributed by atoms with van der Waals surface area (Å²) in [5, 5.41) is 3.13. The summed E-state index contributed by atoms with van der Waals surface area (Å²) in [4.78, 5) is 0. The normalized spacial score (nSPS) is 46.8. The van der Waals surface area contributed by atoms with Crippen LogP contribution in [0.25, 0.3) is 0 Å². The van der Waals surface area contributed by atoms with Crippen LogP contribution in [0.2, 0.25) is 0 Å². The third-order valence-corrected chi connectivity index (χ3v) is 2.65. The van der Waals surface area contributed by atoms with E-state index in [0.29, 0.717) is 19.3 Å². The number of hydrogen-bond donors (Lipinski definition) is 1. The van der Waals surface area contributed by atoms with Crippen LogP contribution >= 0.6 is 0 Å². The third-order valence-electron chi connectivity index (χ3n) is 2.65. The maximum atomic E-state index is 13.3. The molecule has 0 aliphatic heterocycles. The van der Waals surface area contributed by atoms with E-state index in [1.54, 1.807) is 0 Å². The summed E-state index contributed by atoms with van der Waals surface area (Å²) in [5.41, 5.74) is -0.789. The highest BCUT2D eigenvalue weighted by atomic mass is 19.1. The van der Waals surface area contributed by atoms with Gasteiger partial charge in [0, 0.05) is 6.97 Å². The zero-order chi connectivity index (χ0) is 7.83. The van der Waals surface area contributed by atoms with E-state index in [-0.39, 0.29) is 6.97 Å². The Morgan fingerprint density at radius 3 is 2.40 bits per heavy atom. The first-order chi connectivity index (χ1) is 4.54. The second-order valence-electron chi connectivity index (χ2n) is 3.67. The van der Waals surface area contributed by atoms with Crippen LogP contribution in [0.15, 0.2) is 0 Å². The largest absolute Gasteiger partial charge is 0.314 e. The highest BCUT2D eigenvalue weighted by Gasteiger charge is 2.50. The summed E-state index contributed by atoms with van der Waals surface area (Å²) in [6.07, 6.45) is 2.00. The molecule has 1 saturated carbocycles. The lowest BCUT2D eigenvalue weighted by molar-refractivity contribution is -0.0225. The second kappa shape index (κ2) is 2.19. The molecule has 0 atom stereocenters. The monoisotopic (exact) mass is 147 g/mol. The molecule has 0 unspecified atom stereocenters. The fourth-order valence-electron chi connectivity index (χ4n) is 1.77. The molecule has 0 bridgehead atoms. The Labute approximate surface area is 63.5 Å². The van der Waals surface area contributed by atoms with Gasteiger partial charge in [0.05, 0.1) is 0 Å². The van der Waals surface area contributed by atoms with Crippen molar-refractivity contribution in [2.45, 2.75) is 44.3 Å². The van der Waals surface area contributed by atoms with Crippen LogP contribution in [-0.4, -0.2) is 18.3 Å². The van der Waals surface area contributed by atoms with Crippen LogP contribution in [0, 0.1) is 0 Å². The minimum atomic E-state index is -0.863. The molecule has 2 heteroatoms. The lowest BCUT2D eigenvalue weighted by Gasteiger charge is -2.49. The molecule has 10 heavy (non-hydrogen) atoms. The van der Waals surface area contributed by atoms with Gasteiger partial charge in [0.1, 0.15) is 5.67 Å². The van der Waals surface area contributed by atoms with Crippen LogP contribution in [-0.2, 0) is 0 Å². The van der Waals surface area contributed by atoms with Crippen LogP contribution < -0.4 is 5.32 Å². The van der Waals surface area contributed by atoms with E-state index >= 15 is 0 Å². The number of nitrogens with one attached hydrogen (secondary N) is 1. The van der Waals surface area contributed by atoms with E-state index in [2.05, 4.69) is 12.2 Å². The van der Waals surface area contributed by atoms with E-state index in [0.717, 1.165) is 0 Å². The van der Waals surface area contributed by atoms with Gasteiger partial charge in [-0.25, -0.2) is 4.39 Å². The van der Waals surface area contributed by atoms with Crippen LogP contribution in [0.3, 0.4) is 0 Å². The molecule has 0 aromatic carbocycles. The topological polar surface area (TPSA) is 12.0 Å². The molecule has 62 valence electrons. The SMILES string of the molecule is CCC1(F)CC(C)(NC)C1.[HH]. The van der Waals surface area contributed by atoms with Crippen molar-refractivity contribution in [1.82, 2.24) is 5.32 Å². The van der Waals surface area contributed by atoms with E-state index in [4.69, 9.17) is 0 Å². The molecule has 1 rings (SSSR count). The second-order valence-corrected chi connectivity index (χ2v) is 3.67. The van der Waals surface area contributed by atoms with Gasteiger partial charge in [-0.2, -0.15) is 0 Å². The van der Waals surface area contributed by atoms with Gasteiger partial charge < -0.3 is 5.32 Å². The van der Waals surface area contributed by atoms with Gasteiger partial charge in [-0.1, -0.05) is 6.92 Å². The quantitative estimate of drug-likeness (QED) is 0.631. The van der Waals surface area contributed by atoms with E-state index in [1.807, 2.05) is 14.0 Å². The summed E-state index contributed by atoms with van der Waals surface area (Å²) in [6, 6.07) is 0. The van der Waals surface area contributed by atoms with Crippen molar-refractivity contribution in [1.29, 1.82) is 0 Å². The third kappa shape index (κ3) is 1.17. The van der Waals surface area contributed by atoms with Gasteiger partial charge in [0.15, 0.2) is 0 Å². The molecule has 0 radical (unpaired) electrons. The molecule has 1 aliphatic carbocycles. The maximum absolute atomic E-state index is 13.3. The lowest BCUT2D eigenvalue weighted by Crippen LogP contribution is -2.59. The highest BCUT2D eigenvalue weighted by Crippen LogP contribution is 2.45. The molecule has 1 nitrogen and oxygen atoms in total. The number of alkyl halides is 1. The van der Waals surface area contributed by atoms with Crippen molar-refractivity contribution in [2.75, 3.05) is 7.05 Å². The highest BCUT2D eigenvalue weighted by molar-refractivity contribution is 5.06. The average Bonchev–Trinajstić information content (AvgIpc) is 1.85. The first kappa shape index (κ1) is 7.99. The lowest BCUT2D eigenvalue weighted by atomic mass is 9.66. The van der Waals surface area contributed by atoms with E-state index in [9.17, 15) is 4.39 Å². The summed E-state index contributed by atoms with van der Waals surface area (Å²) in [6.45, 7) is 3.98. The maximum Gasteiger partial charge on any atom is 0.114 e. The number of hydrogen-bond acceptors (Lipinski definition) is 1. The summed E-state index contributed by atoms with van der Waals surface area (Å²) < 4.78 is 13.3.